The monoisotopic (exact) mass is 220 g/mol. The summed E-state index contributed by atoms with van der Waals surface area (Å²) in [6, 6.07) is 8.56. The Labute approximate surface area is 94.5 Å². The molecule has 2 rings (SSSR count). The highest BCUT2D eigenvalue weighted by atomic mass is 16.3. The Balaban J connectivity index is 2.00. The first-order valence-electron chi connectivity index (χ1n) is 5.40. The van der Waals surface area contributed by atoms with E-state index in [2.05, 4.69) is 5.32 Å². The maximum atomic E-state index is 11.8. The smallest absolute Gasteiger partial charge is 0.242 e. The average molecular weight is 220 g/mol. The Bertz CT molecular complexity index is 374. The second-order valence-electron chi connectivity index (χ2n) is 4.32. The van der Waals surface area contributed by atoms with Gasteiger partial charge in [0.2, 0.25) is 5.91 Å². The van der Waals surface area contributed by atoms with Crippen LogP contribution in [0.5, 0.6) is 0 Å². The van der Waals surface area contributed by atoms with Gasteiger partial charge < -0.3 is 16.2 Å². The van der Waals surface area contributed by atoms with Crippen molar-refractivity contribution < 1.29 is 9.90 Å². The Morgan fingerprint density at radius 1 is 1.44 bits per heavy atom. The number of hydrogen-bond acceptors (Lipinski definition) is 3. The van der Waals surface area contributed by atoms with E-state index in [1.807, 2.05) is 30.3 Å². The fourth-order valence-corrected chi connectivity index (χ4v) is 1.62. The van der Waals surface area contributed by atoms with Gasteiger partial charge in [-0.05, 0) is 18.4 Å². The van der Waals surface area contributed by atoms with Crippen LogP contribution in [0.1, 0.15) is 24.4 Å². The molecule has 0 aliphatic heterocycles. The normalized spacial score (nSPS) is 18.9. The molecule has 1 saturated carbocycles. The molecule has 86 valence electrons. The summed E-state index contributed by atoms with van der Waals surface area (Å²) in [5.41, 5.74) is 6.22. The minimum atomic E-state index is -0.662. The molecular weight excluding hydrogens is 204 g/mol. The van der Waals surface area contributed by atoms with Crippen molar-refractivity contribution in [3.8, 4) is 0 Å². The van der Waals surface area contributed by atoms with Gasteiger partial charge in [0, 0.05) is 0 Å². The molecule has 0 spiro atoms. The zero-order valence-corrected chi connectivity index (χ0v) is 9.02. The van der Waals surface area contributed by atoms with Crippen molar-refractivity contribution in [1.29, 1.82) is 0 Å². The first kappa shape index (κ1) is 11.1. The fourth-order valence-electron chi connectivity index (χ4n) is 1.62. The highest BCUT2D eigenvalue weighted by Crippen LogP contribution is 2.34. The van der Waals surface area contributed by atoms with Crippen LogP contribution in [0.4, 0.5) is 0 Å². The van der Waals surface area contributed by atoms with E-state index < -0.39 is 11.6 Å². The molecule has 1 amide bonds. The van der Waals surface area contributed by atoms with E-state index in [1.54, 1.807) is 0 Å². The number of benzene rings is 1. The molecule has 0 saturated heterocycles. The molecule has 1 atom stereocenters. The van der Waals surface area contributed by atoms with Crippen LogP contribution < -0.4 is 11.1 Å². The molecule has 1 aromatic carbocycles. The highest BCUT2D eigenvalue weighted by Gasteiger charge is 2.44. The molecule has 1 aliphatic rings. The number of carbonyl (C=O) groups is 1. The first-order valence-corrected chi connectivity index (χ1v) is 5.40. The van der Waals surface area contributed by atoms with Crippen LogP contribution in [0.3, 0.4) is 0 Å². The second kappa shape index (κ2) is 4.23. The molecule has 4 N–H and O–H groups in total. The molecular formula is C12H16N2O2. The van der Waals surface area contributed by atoms with E-state index in [9.17, 15) is 4.79 Å². The second-order valence-corrected chi connectivity index (χ2v) is 4.32. The minimum Gasteiger partial charge on any atom is -0.394 e. The minimum absolute atomic E-state index is 0.0136. The third kappa shape index (κ3) is 2.23. The number of carbonyl (C=O) groups excluding carboxylic acids is 1. The number of rotatable bonds is 4. The molecule has 1 aromatic rings. The van der Waals surface area contributed by atoms with Gasteiger partial charge in [-0.2, -0.15) is 0 Å². The fraction of sp³-hybridized carbons (Fsp3) is 0.417. The molecule has 0 heterocycles. The van der Waals surface area contributed by atoms with Gasteiger partial charge in [0.1, 0.15) is 6.04 Å². The first-order chi connectivity index (χ1) is 7.67. The number of hydrogen-bond donors (Lipinski definition) is 3. The van der Waals surface area contributed by atoms with Gasteiger partial charge in [-0.3, -0.25) is 4.79 Å². The van der Waals surface area contributed by atoms with E-state index in [-0.39, 0.29) is 12.5 Å². The van der Waals surface area contributed by atoms with Crippen LogP contribution >= 0.6 is 0 Å². The third-order valence-electron chi connectivity index (χ3n) is 2.99. The van der Waals surface area contributed by atoms with Gasteiger partial charge in [-0.15, -0.1) is 0 Å². The Kier molecular flexibility index (Phi) is 2.94. The van der Waals surface area contributed by atoms with Crippen molar-refractivity contribution in [2.24, 2.45) is 5.73 Å². The van der Waals surface area contributed by atoms with Crippen LogP contribution in [0.2, 0.25) is 0 Å². The average Bonchev–Trinajstić information content (AvgIpc) is 3.09. The van der Waals surface area contributed by atoms with Crippen molar-refractivity contribution >= 4 is 5.91 Å². The lowest BCUT2D eigenvalue weighted by Gasteiger charge is -2.18. The van der Waals surface area contributed by atoms with Gasteiger partial charge in [0.05, 0.1) is 12.1 Å². The zero-order valence-electron chi connectivity index (χ0n) is 9.02. The molecule has 0 unspecified atom stereocenters. The standard InChI is InChI=1S/C12H16N2O2/c13-10(9-4-2-1-3-5-9)11(16)14-12(8-15)6-7-12/h1-5,10,15H,6-8,13H2,(H,14,16)/t10-/m0/s1. The van der Waals surface area contributed by atoms with Crippen LogP contribution in [0.15, 0.2) is 30.3 Å². The highest BCUT2D eigenvalue weighted by molar-refractivity contribution is 5.84. The molecule has 0 aromatic heterocycles. The van der Waals surface area contributed by atoms with E-state index in [1.165, 1.54) is 0 Å². The quantitative estimate of drug-likeness (QED) is 0.684. The van der Waals surface area contributed by atoms with Gasteiger partial charge >= 0.3 is 0 Å². The van der Waals surface area contributed by atoms with Crippen molar-refractivity contribution in [2.75, 3.05) is 6.61 Å². The van der Waals surface area contributed by atoms with E-state index >= 15 is 0 Å². The lowest BCUT2D eigenvalue weighted by molar-refractivity contribution is -0.123. The molecule has 0 radical (unpaired) electrons. The number of nitrogens with two attached hydrogens (primary N) is 1. The van der Waals surface area contributed by atoms with Crippen molar-refractivity contribution in [3.63, 3.8) is 0 Å². The third-order valence-corrected chi connectivity index (χ3v) is 2.99. The number of amides is 1. The van der Waals surface area contributed by atoms with Gasteiger partial charge in [0.15, 0.2) is 0 Å². The lowest BCUT2D eigenvalue weighted by atomic mass is 10.1. The van der Waals surface area contributed by atoms with Crippen LogP contribution in [0, 0.1) is 0 Å². The molecule has 1 fully saturated rings. The topological polar surface area (TPSA) is 75.4 Å². The summed E-state index contributed by atoms with van der Waals surface area (Å²) < 4.78 is 0. The van der Waals surface area contributed by atoms with Crippen molar-refractivity contribution in [2.45, 2.75) is 24.4 Å². The molecule has 1 aliphatic carbocycles. The predicted molar refractivity (Wildman–Crippen MR) is 60.6 cm³/mol. The largest absolute Gasteiger partial charge is 0.394 e. The van der Waals surface area contributed by atoms with E-state index in [4.69, 9.17) is 10.8 Å². The maximum Gasteiger partial charge on any atom is 0.242 e. The summed E-state index contributed by atoms with van der Waals surface area (Å²) in [5.74, 6) is -0.224. The van der Waals surface area contributed by atoms with Crippen LogP contribution in [0.25, 0.3) is 0 Å². The summed E-state index contributed by atoms with van der Waals surface area (Å²) in [5, 5.41) is 11.9. The molecule has 4 nitrogen and oxygen atoms in total. The molecule has 0 bridgehead atoms. The van der Waals surface area contributed by atoms with Gasteiger partial charge in [-0.25, -0.2) is 0 Å². The number of aliphatic hydroxyl groups excluding tert-OH is 1. The Morgan fingerprint density at radius 3 is 2.56 bits per heavy atom. The summed E-state index contributed by atoms with van der Waals surface area (Å²) >= 11 is 0. The SMILES string of the molecule is N[C@H](C(=O)NC1(CO)CC1)c1ccccc1. The predicted octanol–water partition coefficient (Wildman–Crippen LogP) is 0.327. The van der Waals surface area contributed by atoms with Crippen LogP contribution in [-0.2, 0) is 4.79 Å². The summed E-state index contributed by atoms with van der Waals surface area (Å²) in [6.07, 6.45) is 1.66. The molecule has 4 heteroatoms. The van der Waals surface area contributed by atoms with Crippen LogP contribution in [-0.4, -0.2) is 23.2 Å². The van der Waals surface area contributed by atoms with Crippen molar-refractivity contribution in [3.05, 3.63) is 35.9 Å². The zero-order chi connectivity index (χ0) is 11.6. The Hall–Kier alpha value is -1.39. The van der Waals surface area contributed by atoms with Gasteiger partial charge in [-0.1, -0.05) is 30.3 Å². The van der Waals surface area contributed by atoms with Crippen molar-refractivity contribution in [1.82, 2.24) is 5.32 Å². The summed E-state index contributed by atoms with van der Waals surface area (Å²) in [4.78, 5) is 11.8. The summed E-state index contributed by atoms with van der Waals surface area (Å²) in [7, 11) is 0. The number of aliphatic hydroxyl groups is 1. The van der Waals surface area contributed by atoms with E-state index in [0.717, 1.165) is 18.4 Å². The summed E-state index contributed by atoms with van der Waals surface area (Å²) in [6.45, 7) is -0.0136. The number of nitrogens with one attached hydrogen (secondary N) is 1. The maximum absolute atomic E-state index is 11.8. The lowest BCUT2D eigenvalue weighted by Crippen LogP contribution is -2.44. The Morgan fingerprint density at radius 2 is 2.06 bits per heavy atom. The molecule has 16 heavy (non-hydrogen) atoms. The van der Waals surface area contributed by atoms with E-state index in [0.29, 0.717) is 0 Å². The van der Waals surface area contributed by atoms with Gasteiger partial charge in [0.25, 0.3) is 0 Å².